The summed E-state index contributed by atoms with van der Waals surface area (Å²) in [6.45, 7) is 15.1. The number of carbonyl (C=O) groups excluding carboxylic acids is 4. The van der Waals surface area contributed by atoms with E-state index in [4.69, 9.17) is 28.4 Å². The van der Waals surface area contributed by atoms with Crippen molar-refractivity contribution in [2.75, 3.05) is 51.0 Å². The molecule has 0 spiro atoms. The average molecular weight is 725 g/mol. The Labute approximate surface area is 299 Å². The summed E-state index contributed by atoms with van der Waals surface area (Å²) in [5, 5.41) is 0.591. The lowest BCUT2D eigenvalue weighted by Crippen LogP contribution is -2.32. The van der Waals surface area contributed by atoms with E-state index in [1.54, 1.807) is 0 Å². The zero-order valence-corrected chi connectivity index (χ0v) is 30.1. The molecule has 0 fully saturated rings. The Morgan fingerprint density at radius 1 is 0.660 bits per heavy atom. The molecule has 0 bridgehead atoms. The molecule has 14 heteroatoms. The molecule has 0 amide bonds. The Balaban J connectivity index is 1.43. The summed E-state index contributed by atoms with van der Waals surface area (Å²) in [7, 11) is 0. The number of rotatable bonds is 17. The zero-order chi connectivity index (χ0) is 36.2. The fraction of sp³-hybridized carbons (Fsp3) is 0.389. The van der Waals surface area contributed by atoms with Crippen LogP contribution in [0.1, 0.15) is 22.3 Å². The van der Waals surface area contributed by atoms with Gasteiger partial charge in [0, 0.05) is 36.7 Å². The van der Waals surface area contributed by atoms with E-state index < -0.39 is 36.1 Å². The van der Waals surface area contributed by atoms with Gasteiger partial charge in [-0.05, 0) is 85.3 Å². The highest BCUT2D eigenvalue weighted by molar-refractivity contribution is 8.16. The first-order chi connectivity index (χ1) is 24.0. The summed E-state index contributed by atoms with van der Waals surface area (Å²) in [4.78, 5) is 56.8. The third kappa shape index (κ3) is 10.7. The third-order valence-corrected chi connectivity index (χ3v) is 9.21. The fourth-order valence-corrected chi connectivity index (χ4v) is 6.53. The van der Waals surface area contributed by atoms with Crippen molar-refractivity contribution in [2.24, 2.45) is 9.98 Å². The third-order valence-electron chi connectivity index (χ3n) is 7.30. The molecule has 2 aromatic carbocycles. The van der Waals surface area contributed by atoms with Crippen molar-refractivity contribution in [3.05, 3.63) is 71.8 Å². The number of aryl methyl sites for hydroxylation is 4. The van der Waals surface area contributed by atoms with Crippen molar-refractivity contribution in [1.82, 2.24) is 0 Å². The van der Waals surface area contributed by atoms with E-state index in [1.165, 1.54) is 23.5 Å². The van der Waals surface area contributed by atoms with Crippen LogP contribution >= 0.6 is 23.5 Å². The highest BCUT2D eigenvalue weighted by Gasteiger charge is 2.25. The van der Waals surface area contributed by atoms with Crippen LogP contribution in [0.5, 0.6) is 11.5 Å². The summed E-state index contributed by atoms with van der Waals surface area (Å²) in [5.74, 6) is 0.229. The summed E-state index contributed by atoms with van der Waals surface area (Å²) < 4.78 is 33.7. The molecule has 0 saturated carbocycles. The molecule has 2 atom stereocenters. The predicted octanol–water partition coefficient (Wildman–Crippen LogP) is 4.92. The van der Waals surface area contributed by atoms with Gasteiger partial charge in [-0.3, -0.25) is 9.98 Å². The average Bonchev–Trinajstić information content (AvgIpc) is 3.84. The van der Waals surface area contributed by atoms with Gasteiger partial charge >= 0.3 is 23.9 Å². The first-order valence-electron chi connectivity index (χ1n) is 15.8. The molecule has 0 radical (unpaired) electrons. The molecule has 12 nitrogen and oxygen atoms in total. The van der Waals surface area contributed by atoms with Crippen LogP contribution in [0.25, 0.3) is 11.1 Å². The number of nitrogens with zero attached hydrogens (tertiary/aromatic N) is 2. The minimum absolute atomic E-state index is 0.0462. The van der Waals surface area contributed by atoms with Crippen molar-refractivity contribution >= 4 is 57.5 Å². The highest BCUT2D eigenvalue weighted by Crippen LogP contribution is 2.34. The number of thioether (sulfide) groups is 2. The number of hydrogen-bond donors (Lipinski definition) is 0. The summed E-state index contributed by atoms with van der Waals surface area (Å²) in [6, 6.07) is 7.96. The zero-order valence-electron chi connectivity index (χ0n) is 28.5. The van der Waals surface area contributed by atoms with Gasteiger partial charge in [0.25, 0.3) is 0 Å². The normalized spacial score (nSPS) is 14.8. The van der Waals surface area contributed by atoms with Crippen LogP contribution in [-0.4, -0.2) is 97.2 Å². The maximum absolute atomic E-state index is 12.6. The monoisotopic (exact) mass is 724 g/mol. The quantitative estimate of drug-likeness (QED) is 0.124. The number of carbonyl (C=O) groups is 4. The van der Waals surface area contributed by atoms with Gasteiger partial charge in [-0.1, -0.05) is 36.7 Å². The van der Waals surface area contributed by atoms with Crippen molar-refractivity contribution in [3.8, 4) is 22.6 Å². The Bertz CT molecular complexity index is 1660. The second-order valence-corrected chi connectivity index (χ2v) is 13.5. The molecule has 2 heterocycles. The molecule has 0 aliphatic carbocycles. The van der Waals surface area contributed by atoms with Gasteiger partial charge < -0.3 is 28.4 Å². The van der Waals surface area contributed by atoms with Crippen molar-refractivity contribution < 1.29 is 47.6 Å². The lowest BCUT2D eigenvalue weighted by atomic mass is 9.96. The Morgan fingerprint density at radius 2 is 1.10 bits per heavy atom. The molecular weight excluding hydrogens is 685 g/mol. The Morgan fingerprint density at radius 3 is 1.54 bits per heavy atom. The van der Waals surface area contributed by atoms with E-state index in [1.807, 2.05) is 52.0 Å². The van der Waals surface area contributed by atoms with E-state index in [9.17, 15) is 19.2 Å². The Kier molecular flexibility index (Phi) is 14.1. The van der Waals surface area contributed by atoms with Crippen LogP contribution in [-0.2, 0) is 38.1 Å². The summed E-state index contributed by atoms with van der Waals surface area (Å²) in [5.41, 5.74) is 5.29. The van der Waals surface area contributed by atoms with Crippen LogP contribution in [0, 0.1) is 27.7 Å². The predicted molar refractivity (Wildman–Crippen MR) is 193 cm³/mol. The van der Waals surface area contributed by atoms with E-state index >= 15 is 0 Å². The SMILES string of the molecule is C=CC(=O)OCC(COc1c(C)cc(-c2cc(C)c(OCC(COC(=O)C3=NCCS3)OC(=O)C=C)c(C)c2)cc1C)OC(=O)C1=NCCS1. The molecule has 2 aliphatic heterocycles. The van der Waals surface area contributed by atoms with Gasteiger partial charge in [-0.15, -0.1) is 0 Å². The largest absolute Gasteiger partial charge is 0.489 e. The number of esters is 4. The van der Waals surface area contributed by atoms with Gasteiger partial charge in [0.2, 0.25) is 0 Å². The van der Waals surface area contributed by atoms with E-state index in [0.717, 1.165) is 51.3 Å². The molecule has 4 rings (SSSR count). The first-order valence-corrected chi connectivity index (χ1v) is 17.8. The van der Waals surface area contributed by atoms with Crippen LogP contribution in [0.2, 0.25) is 0 Å². The van der Waals surface area contributed by atoms with E-state index in [-0.39, 0.29) is 31.5 Å². The molecule has 0 N–H and O–H groups in total. The minimum atomic E-state index is -0.862. The van der Waals surface area contributed by atoms with Gasteiger partial charge in [-0.2, -0.15) is 0 Å². The number of benzene rings is 2. The highest BCUT2D eigenvalue weighted by atomic mass is 32.2. The van der Waals surface area contributed by atoms with Gasteiger partial charge in [-0.25, -0.2) is 19.2 Å². The van der Waals surface area contributed by atoms with Gasteiger partial charge in [0.1, 0.15) is 37.9 Å². The summed E-state index contributed by atoms with van der Waals surface area (Å²) >= 11 is 2.64. The lowest BCUT2D eigenvalue weighted by Gasteiger charge is -2.21. The fourth-order valence-electron chi connectivity index (χ4n) is 5.07. The minimum Gasteiger partial charge on any atom is -0.489 e. The van der Waals surface area contributed by atoms with Gasteiger partial charge in [0.05, 0.1) is 0 Å². The van der Waals surface area contributed by atoms with Crippen LogP contribution < -0.4 is 9.47 Å². The maximum Gasteiger partial charge on any atom is 0.363 e. The van der Waals surface area contributed by atoms with Crippen LogP contribution in [0.4, 0.5) is 0 Å². The molecule has 0 aromatic heterocycles. The van der Waals surface area contributed by atoms with Gasteiger partial charge in [0.15, 0.2) is 22.3 Å². The van der Waals surface area contributed by atoms with Crippen molar-refractivity contribution in [3.63, 3.8) is 0 Å². The van der Waals surface area contributed by atoms with Crippen molar-refractivity contribution in [2.45, 2.75) is 39.9 Å². The molecule has 50 heavy (non-hydrogen) atoms. The van der Waals surface area contributed by atoms with Crippen molar-refractivity contribution in [1.29, 1.82) is 0 Å². The standard InChI is InChI=1S/C36H40N2O10S2/c1-7-29(39)43-17-28(48-36(42)34-38-10-12-50-34)19-45-32-23(5)15-26(16-24(32)6)25-13-21(3)31(22(4)14-25)44-18-27(47-30(40)8-2)20-46-35(41)33-37-9-11-49-33/h7-8,13-16,27-28H,1-2,9-12,17-20H2,3-6H3. The second-order valence-electron chi connectivity index (χ2n) is 11.3. The molecule has 2 aliphatic rings. The maximum atomic E-state index is 12.6. The smallest absolute Gasteiger partial charge is 0.363 e. The number of aliphatic imine (C=N–C) groups is 2. The van der Waals surface area contributed by atoms with E-state index in [0.29, 0.717) is 35.4 Å². The topological polar surface area (TPSA) is 148 Å². The molecule has 2 aromatic rings. The molecule has 0 saturated heterocycles. The first kappa shape index (κ1) is 38.2. The molecule has 266 valence electrons. The van der Waals surface area contributed by atoms with E-state index in [2.05, 4.69) is 23.1 Å². The number of hydrogen-bond acceptors (Lipinski definition) is 14. The molecule has 2 unspecified atom stereocenters. The summed E-state index contributed by atoms with van der Waals surface area (Å²) in [6.07, 6.45) is 0.354. The lowest BCUT2D eigenvalue weighted by molar-refractivity contribution is -0.153. The molecular formula is C36H40N2O10S2. The van der Waals surface area contributed by atoms with Crippen LogP contribution in [0.3, 0.4) is 0 Å². The second kappa shape index (κ2) is 18.4. The van der Waals surface area contributed by atoms with Crippen LogP contribution in [0.15, 0.2) is 59.6 Å². The number of ether oxygens (including phenoxy) is 6. The Hall–Kier alpha value is -4.56.